The molecule has 6 nitrogen and oxygen atoms in total. The van der Waals surface area contributed by atoms with Crippen molar-refractivity contribution in [1.29, 1.82) is 0 Å². The van der Waals surface area contributed by atoms with Gasteiger partial charge in [-0.25, -0.2) is 9.97 Å². The second-order valence-corrected chi connectivity index (χ2v) is 6.56. The first-order valence-electron chi connectivity index (χ1n) is 6.67. The van der Waals surface area contributed by atoms with Crippen molar-refractivity contribution in [2.24, 2.45) is 5.73 Å². The van der Waals surface area contributed by atoms with Crippen molar-refractivity contribution < 1.29 is 4.55 Å². The van der Waals surface area contributed by atoms with E-state index in [0.29, 0.717) is 11.6 Å². The zero-order valence-corrected chi connectivity index (χ0v) is 13.2. The van der Waals surface area contributed by atoms with Crippen LogP contribution in [-0.2, 0) is 4.75 Å². The smallest absolute Gasteiger partial charge is 0.168 e. The van der Waals surface area contributed by atoms with Gasteiger partial charge >= 0.3 is 0 Å². The molecule has 3 rings (SSSR count). The van der Waals surface area contributed by atoms with E-state index in [-0.39, 0.29) is 9.86 Å². The van der Waals surface area contributed by atoms with Crippen LogP contribution in [0, 0.1) is 0 Å². The molecule has 114 valence electrons. The standard InChI is InChI=1S/C14H15N5OS2/c15-11-7-10(14(22-20)5-6-14)18-12(19-11)8-1-3-9(4-2-8)17-13(16)21/h1-4,7,20H,5-6H2,(H2,15,18,19)(H3,16,17,21). The molecule has 0 spiro atoms. The van der Waals surface area contributed by atoms with Crippen molar-refractivity contribution in [3.63, 3.8) is 0 Å². The number of rotatable bonds is 4. The summed E-state index contributed by atoms with van der Waals surface area (Å²) in [5.74, 6) is 0.933. The monoisotopic (exact) mass is 333 g/mol. The van der Waals surface area contributed by atoms with Crippen molar-refractivity contribution in [3.05, 3.63) is 36.0 Å². The first kappa shape index (κ1) is 15.0. The fraction of sp³-hybridized carbons (Fsp3) is 0.214. The minimum Gasteiger partial charge on any atom is -0.384 e. The van der Waals surface area contributed by atoms with Gasteiger partial charge in [-0.3, -0.25) is 0 Å². The summed E-state index contributed by atoms with van der Waals surface area (Å²) in [5.41, 5.74) is 13.7. The molecule has 0 unspecified atom stereocenters. The van der Waals surface area contributed by atoms with E-state index >= 15 is 0 Å². The second-order valence-electron chi connectivity index (χ2n) is 5.15. The average Bonchev–Trinajstić information content (AvgIpc) is 3.28. The number of benzene rings is 1. The van der Waals surface area contributed by atoms with Crippen LogP contribution < -0.4 is 16.8 Å². The molecular formula is C14H15N5OS2. The van der Waals surface area contributed by atoms with Gasteiger partial charge < -0.3 is 21.3 Å². The summed E-state index contributed by atoms with van der Waals surface area (Å²) in [4.78, 5) is 8.83. The highest BCUT2D eigenvalue weighted by Gasteiger charge is 2.47. The predicted octanol–water partition coefficient (Wildman–Crippen LogP) is 2.58. The number of hydrogen-bond acceptors (Lipinski definition) is 6. The molecule has 1 aromatic carbocycles. The zero-order valence-electron chi connectivity index (χ0n) is 11.6. The molecule has 1 aliphatic carbocycles. The first-order valence-corrected chi connectivity index (χ1v) is 7.85. The van der Waals surface area contributed by atoms with Crippen LogP contribution in [0.3, 0.4) is 0 Å². The van der Waals surface area contributed by atoms with E-state index < -0.39 is 0 Å². The van der Waals surface area contributed by atoms with E-state index in [1.54, 1.807) is 6.07 Å². The van der Waals surface area contributed by atoms with Crippen LogP contribution in [-0.4, -0.2) is 19.6 Å². The van der Waals surface area contributed by atoms with Gasteiger partial charge in [-0.1, -0.05) is 0 Å². The molecular weight excluding hydrogens is 318 g/mol. The van der Waals surface area contributed by atoms with Crippen molar-refractivity contribution in [2.45, 2.75) is 17.6 Å². The molecule has 8 heteroatoms. The first-order chi connectivity index (χ1) is 10.5. The third-order valence-electron chi connectivity index (χ3n) is 3.50. The summed E-state index contributed by atoms with van der Waals surface area (Å²) < 4.78 is 9.15. The van der Waals surface area contributed by atoms with Crippen LogP contribution in [0.5, 0.6) is 0 Å². The van der Waals surface area contributed by atoms with Gasteiger partial charge in [0.2, 0.25) is 0 Å². The number of nitrogens with two attached hydrogens (primary N) is 2. The molecule has 0 bridgehead atoms. The Labute approximate surface area is 137 Å². The van der Waals surface area contributed by atoms with E-state index in [1.165, 1.54) is 0 Å². The van der Waals surface area contributed by atoms with Crippen LogP contribution in [0.25, 0.3) is 11.4 Å². The quantitative estimate of drug-likeness (QED) is 0.499. The highest BCUT2D eigenvalue weighted by molar-refractivity contribution is 7.95. The molecule has 1 saturated carbocycles. The lowest BCUT2D eigenvalue weighted by molar-refractivity contribution is 0.645. The van der Waals surface area contributed by atoms with Gasteiger partial charge in [-0.15, -0.1) is 0 Å². The molecule has 1 aromatic heterocycles. The molecule has 0 aliphatic heterocycles. The summed E-state index contributed by atoms with van der Waals surface area (Å²) in [5, 5.41) is 3.07. The van der Waals surface area contributed by atoms with Crippen molar-refractivity contribution in [1.82, 2.24) is 9.97 Å². The third kappa shape index (κ3) is 2.99. The summed E-state index contributed by atoms with van der Waals surface area (Å²) in [6.45, 7) is 0. The van der Waals surface area contributed by atoms with Crippen LogP contribution in [0.4, 0.5) is 11.5 Å². The number of nitrogen functional groups attached to an aromatic ring is 1. The third-order valence-corrected chi connectivity index (χ3v) is 4.57. The zero-order chi connectivity index (χ0) is 15.7. The SMILES string of the molecule is NC(=S)Nc1ccc(-c2nc(N)cc(C3(SO)CC3)n2)cc1. The molecule has 6 N–H and O–H groups in total. The van der Waals surface area contributed by atoms with Gasteiger partial charge in [0.15, 0.2) is 10.9 Å². The van der Waals surface area contributed by atoms with E-state index in [0.717, 1.165) is 41.8 Å². The molecule has 1 heterocycles. The largest absolute Gasteiger partial charge is 0.384 e. The van der Waals surface area contributed by atoms with Crippen LogP contribution in [0.2, 0.25) is 0 Å². The highest BCUT2D eigenvalue weighted by Crippen LogP contribution is 2.55. The second kappa shape index (κ2) is 5.71. The van der Waals surface area contributed by atoms with Crippen LogP contribution >= 0.6 is 24.3 Å². The highest BCUT2D eigenvalue weighted by atomic mass is 32.2. The summed E-state index contributed by atoms with van der Waals surface area (Å²) >= 11 is 5.63. The van der Waals surface area contributed by atoms with Crippen LogP contribution in [0.15, 0.2) is 30.3 Å². The van der Waals surface area contributed by atoms with E-state index in [4.69, 9.17) is 23.7 Å². The summed E-state index contributed by atoms with van der Waals surface area (Å²) in [7, 11) is 0. The van der Waals surface area contributed by atoms with Gasteiger partial charge in [-0.2, -0.15) is 0 Å². The van der Waals surface area contributed by atoms with Gasteiger partial charge in [0.25, 0.3) is 0 Å². The molecule has 0 radical (unpaired) electrons. The minimum absolute atomic E-state index is 0.214. The maximum Gasteiger partial charge on any atom is 0.168 e. The fourth-order valence-corrected chi connectivity index (χ4v) is 2.78. The van der Waals surface area contributed by atoms with Crippen molar-refractivity contribution in [3.8, 4) is 11.4 Å². The lowest BCUT2D eigenvalue weighted by Crippen LogP contribution is -2.18. The Morgan fingerprint density at radius 2 is 1.95 bits per heavy atom. The number of nitrogens with zero attached hydrogens (tertiary/aromatic N) is 2. The normalized spacial score (nSPS) is 15.3. The Bertz CT molecular complexity index is 716. The Balaban J connectivity index is 1.93. The van der Waals surface area contributed by atoms with Crippen LogP contribution in [0.1, 0.15) is 18.5 Å². The number of thiocarbonyl (C=S) groups is 1. The minimum atomic E-state index is -0.320. The molecule has 22 heavy (non-hydrogen) atoms. The number of aromatic nitrogens is 2. The Morgan fingerprint density at radius 3 is 2.50 bits per heavy atom. The molecule has 1 fully saturated rings. The molecule has 0 amide bonds. The lowest BCUT2D eigenvalue weighted by atomic mass is 10.1. The van der Waals surface area contributed by atoms with Gasteiger partial charge in [0.05, 0.1) is 10.4 Å². The molecule has 2 aromatic rings. The maximum absolute atomic E-state index is 9.47. The number of anilines is 2. The van der Waals surface area contributed by atoms with Gasteiger partial charge in [-0.05, 0) is 49.3 Å². The summed E-state index contributed by atoms with van der Waals surface area (Å²) in [6.07, 6.45) is 1.78. The number of nitrogens with one attached hydrogen (secondary N) is 1. The van der Waals surface area contributed by atoms with Crippen molar-refractivity contribution in [2.75, 3.05) is 11.1 Å². The van der Waals surface area contributed by atoms with Gasteiger partial charge in [0.1, 0.15) is 5.82 Å². The molecule has 0 atom stereocenters. The van der Waals surface area contributed by atoms with Crippen molar-refractivity contribution >= 4 is 40.9 Å². The average molecular weight is 333 g/mol. The number of hydrogen-bond donors (Lipinski definition) is 4. The topological polar surface area (TPSA) is 110 Å². The Hall–Kier alpha value is -1.90. The van der Waals surface area contributed by atoms with E-state index in [1.807, 2.05) is 24.3 Å². The van der Waals surface area contributed by atoms with E-state index in [2.05, 4.69) is 15.3 Å². The Morgan fingerprint density at radius 1 is 1.27 bits per heavy atom. The maximum atomic E-state index is 9.47. The lowest BCUT2D eigenvalue weighted by Gasteiger charge is -2.12. The fourth-order valence-electron chi connectivity index (χ4n) is 2.18. The molecule has 0 saturated heterocycles. The summed E-state index contributed by atoms with van der Waals surface area (Å²) in [6, 6.07) is 9.14. The van der Waals surface area contributed by atoms with Gasteiger partial charge in [0, 0.05) is 29.4 Å². The predicted molar refractivity (Wildman–Crippen MR) is 93.4 cm³/mol. The van der Waals surface area contributed by atoms with E-state index in [9.17, 15) is 4.55 Å². The molecule has 1 aliphatic rings. The Kier molecular flexibility index (Phi) is 3.90.